The first-order valence-electron chi connectivity index (χ1n) is 13.5. The number of carboxylic acids is 2. The predicted octanol–water partition coefficient (Wildman–Crippen LogP) is 4.03. The maximum atomic E-state index is 14.0. The van der Waals surface area contributed by atoms with Crippen LogP contribution in [0.1, 0.15) is 46.1 Å². The minimum Gasteiger partial charge on any atom is -0.475 e. The molecule has 1 spiro atoms. The SMILES string of the molecule is Cc1occc1C(=O)N1C[C@@H](c2ccnn2C)[C@@]2(CCCN(Cc3ccncc3)C2=O)C1.O=C(O)C(F)(F)F.O=C(O)C(F)(F)F. The van der Waals surface area contributed by atoms with Crippen molar-refractivity contribution in [3.8, 4) is 0 Å². The molecule has 2 amide bonds. The molecule has 12 nitrogen and oxygen atoms in total. The number of aryl methyl sites for hydroxylation is 2. The van der Waals surface area contributed by atoms with Crippen molar-refractivity contribution in [1.29, 1.82) is 0 Å². The van der Waals surface area contributed by atoms with E-state index in [1.54, 1.807) is 31.6 Å². The van der Waals surface area contributed by atoms with Gasteiger partial charge in [0.2, 0.25) is 5.91 Å². The maximum Gasteiger partial charge on any atom is 0.490 e. The van der Waals surface area contributed by atoms with Crippen LogP contribution in [-0.4, -0.2) is 90.5 Å². The van der Waals surface area contributed by atoms with E-state index in [9.17, 15) is 35.9 Å². The molecule has 2 N–H and O–H groups in total. The van der Waals surface area contributed by atoms with E-state index in [-0.39, 0.29) is 17.7 Å². The minimum atomic E-state index is -5.08. The second kappa shape index (κ2) is 14.0. The van der Waals surface area contributed by atoms with Crippen LogP contribution in [0.5, 0.6) is 0 Å². The summed E-state index contributed by atoms with van der Waals surface area (Å²) in [6.45, 7) is 3.95. The van der Waals surface area contributed by atoms with Crippen LogP contribution in [0.2, 0.25) is 0 Å². The highest BCUT2D eigenvalue weighted by molar-refractivity contribution is 5.96. The molecule has 2 fully saturated rings. The van der Waals surface area contributed by atoms with Crippen LogP contribution in [-0.2, 0) is 28.0 Å². The van der Waals surface area contributed by atoms with Gasteiger partial charge in [-0.2, -0.15) is 31.4 Å². The monoisotopic (exact) mass is 661 g/mol. The summed E-state index contributed by atoms with van der Waals surface area (Å²) in [6.07, 6.45) is -1.71. The molecule has 0 radical (unpaired) electrons. The summed E-state index contributed by atoms with van der Waals surface area (Å²) in [5.74, 6) is -4.99. The molecule has 0 bridgehead atoms. The van der Waals surface area contributed by atoms with Gasteiger partial charge in [0.05, 0.1) is 17.2 Å². The molecule has 5 heterocycles. The maximum absolute atomic E-state index is 14.0. The number of aliphatic carboxylic acids is 2. The fraction of sp³-hybridized carbons (Fsp3) is 0.429. The topological polar surface area (TPSA) is 159 Å². The normalized spacial score (nSPS) is 19.7. The van der Waals surface area contributed by atoms with Crippen LogP contribution >= 0.6 is 0 Å². The highest BCUT2D eigenvalue weighted by Crippen LogP contribution is 2.50. The molecule has 3 aromatic heterocycles. The van der Waals surface area contributed by atoms with Crippen LogP contribution in [0.25, 0.3) is 0 Å². The van der Waals surface area contributed by atoms with Crippen LogP contribution in [0.3, 0.4) is 0 Å². The minimum absolute atomic E-state index is 0.0839. The van der Waals surface area contributed by atoms with Crippen molar-refractivity contribution in [2.45, 2.75) is 44.6 Å². The van der Waals surface area contributed by atoms with Crippen LogP contribution in [0, 0.1) is 12.3 Å². The number of pyridine rings is 1. The Hall–Kier alpha value is -4.90. The smallest absolute Gasteiger partial charge is 0.475 e. The largest absolute Gasteiger partial charge is 0.490 e. The van der Waals surface area contributed by atoms with E-state index in [2.05, 4.69) is 10.1 Å². The molecule has 0 unspecified atom stereocenters. The Labute approximate surface area is 257 Å². The molecule has 5 rings (SSSR count). The fourth-order valence-electron chi connectivity index (χ4n) is 5.38. The van der Waals surface area contributed by atoms with Gasteiger partial charge in [0.25, 0.3) is 5.91 Å². The molecule has 0 aromatic carbocycles. The number of piperidine rings is 1. The van der Waals surface area contributed by atoms with Crippen LogP contribution in [0.4, 0.5) is 26.3 Å². The van der Waals surface area contributed by atoms with Crippen molar-refractivity contribution in [1.82, 2.24) is 24.6 Å². The third kappa shape index (κ3) is 8.22. The number of carboxylic acid groups (broad SMARTS) is 2. The molecular weight excluding hydrogens is 632 g/mol. The van der Waals surface area contributed by atoms with Crippen molar-refractivity contribution >= 4 is 23.8 Å². The van der Waals surface area contributed by atoms with Crippen molar-refractivity contribution in [2.75, 3.05) is 19.6 Å². The number of rotatable bonds is 4. The van der Waals surface area contributed by atoms with Gasteiger partial charge in [0, 0.05) is 63.4 Å². The van der Waals surface area contributed by atoms with E-state index in [0.717, 1.165) is 30.6 Å². The number of carbonyl (C=O) groups is 4. The number of hydrogen-bond donors (Lipinski definition) is 2. The first-order valence-corrected chi connectivity index (χ1v) is 13.5. The van der Waals surface area contributed by atoms with Crippen molar-refractivity contribution in [2.24, 2.45) is 12.5 Å². The lowest BCUT2D eigenvalue weighted by Gasteiger charge is -2.42. The number of amides is 2. The highest BCUT2D eigenvalue weighted by atomic mass is 19.4. The van der Waals surface area contributed by atoms with Gasteiger partial charge in [-0.25, -0.2) is 9.59 Å². The van der Waals surface area contributed by atoms with Crippen molar-refractivity contribution in [3.05, 3.63) is 71.7 Å². The Kier molecular flexibility index (Phi) is 10.9. The van der Waals surface area contributed by atoms with E-state index in [4.69, 9.17) is 24.2 Å². The van der Waals surface area contributed by atoms with Gasteiger partial charge >= 0.3 is 24.3 Å². The quantitative estimate of drug-likeness (QED) is 0.394. The average molecular weight is 662 g/mol. The molecule has 2 saturated heterocycles. The van der Waals surface area contributed by atoms with E-state index >= 15 is 0 Å². The van der Waals surface area contributed by atoms with Crippen molar-refractivity contribution < 1.29 is 60.2 Å². The number of halogens is 6. The van der Waals surface area contributed by atoms with Gasteiger partial charge in [-0.05, 0) is 49.6 Å². The Morgan fingerprint density at radius 3 is 2.07 bits per heavy atom. The van der Waals surface area contributed by atoms with Crippen molar-refractivity contribution in [3.63, 3.8) is 0 Å². The highest BCUT2D eigenvalue weighted by Gasteiger charge is 2.57. The average Bonchev–Trinajstić information content (AvgIpc) is 3.70. The number of furan rings is 1. The first kappa shape index (κ1) is 35.6. The fourth-order valence-corrected chi connectivity index (χ4v) is 5.38. The van der Waals surface area contributed by atoms with Gasteiger partial charge in [-0.3, -0.25) is 19.3 Å². The van der Waals surface area contributed by atoms with E-state index < -0.39 is 29.7 Å². The zero-order chi connectivity index (χ0) is 34.4. The molecule has 0 saturated carbocycles. The van der Waals surface area contributed by atoms with Gasteiger partial charge in [-0.15, -0.1) is 0 Å². The summed E-state index contributed by atoms with van der Waals surface area (Å²) in [5.41, 5.74) is 1.94. The van der Waals surface area contributed by atoms with Gasteiger partial charge < -0.3 is 24.4 Å². The summed E-state index contributed by atoms with van der Waals surface area (Å²) >= 11 is 0. The molecule has 0 aliphatic carbocycles. The molecule has 18 heteroatoms. The van der Waals surface area contributed by atoms with Crippen LogP contribution in [0.15, 0.2) is 53.5 Å². The number of nitrogens with zero attached hydrogens (tertiary/aromatic N) is 5. The second-order valence-electron chi connectivity index (χ2n) is 10.5. The lowest BCUT2D eigenvalue weighted by atomic mass is 9.70. The Bertz CT molecular complexity index is 1510. The molecular formula is C28H29F6N5O7. The van der Waals surface area contributed by atoms with Gasteiger partial charge in [0.15, 0.2) is 0 Å². The number of likely N-dealkylation sites (tertiary alicyclic amines) is 2. The zero-order valence-corrected chi connectivity index (χ0v) is 24.4. The second-order valence-corrected chi connectivity index (χ2v) is 10.5. The zero-order valence-electron chi connectivity index (χ0n) is 24.4. The Morgan fingerprint density at radius 2 is 1.59 bits per heavy atom. The lowest BCUT2D eigenvalue weighted by Crippen LogP contribution is -2.52. The number of carbonyl (C=O) groups excluding carboxylic acids is 2. The molecule has 250 valence electrons. The number of alkyl halides is 6. The molecule has 2 aliphatic rings. The van der Waals surface area contributed by atoms with Gasteiger partial charge in [0.1, 0.15) is 5.76 Å². The lowest BCUT2D eigenvalue weighted by molar-refractivity contribution is -0.193. The molecule has 2 atom stereocenters. The third-order valence-corrected chi connectivity index (χ3v) is 7.51. The van der Waals surface area contributed by atoms with Gasteiger partial charge in [-0.1, -0.05) is 0 Å². The predicted molar refractivity (Wildman–Crippen MR) is 144 cm³/mol. The third-order valence-electron chi connectivity index (χ3n) is 7.51. The first-order chi connectivity index (χ1) is 21.4. The number of hydrogen-bond acceptors (Lipinski definition) is 7. The standard InChI is InChI=1S/C24H27N5O3.2C2HF3O2/c1-17-19(7-13-32-17)22(30)29-15-20(21-6-11-26-27(21)2)24(16-29)8-3-12-28(23(24)31)14-18-4-9-25-10-5-18;2*3-2(4,5)1(6)7/h4-7,9-11,13,20H,3,8,12,14-16H2,1-2H3;2*(H,6,7)/t20-,24+;;/m0../s1. The number of aromatic nitrogens is 3. The van der Waals surface area contributed by atoms with E-state index in [1.807, 2.05) is 39.7 Å². The molecule has 46 heavy (non-hydrogen) atoms. The van der Waals surface area contributed by atoms with E-state index in [0.29, 0.717) is 31.0 Å². The molecule has 3 aromatic rings. The van der Waals surface area contributed by atoms with Crippen LogP contribution < -0.4 is 0 Å². The summed E-state index contributed by atoms with van der Waals surface area (Å²) in [5, 5.41) is 18.6. The van der Waals surface area contributed by atoms with E-state index in [1.165, 1.54) is 6.26 Å². The molecule has 2 aliphatic heterocycles. The Morgan fingerprint density at radius 1 is 1.00 bits per heavy atom. The summed E-state index contributed by atoms with van der Waals surface area (Å²) in [4.78, 5) is 53.0. The summed E-state index contributed by atoms with van der Waals surface area (Å²) < 4.78 is 70.7. The summed E-state index contributed by atoms with van der Waals surface area (Å²) in [7, 11) is 1.90. The Balaban J connectivity index is 0.000000345. The summed E-state index contributed by atoms with van der Waals surface area (Å²) in [6, 6.07) is 7.57.